The maximum atomic E-state index is 6.23. The summed E-state index contributed by atoms with van der Waals surface area (Å²) in [5.74, 6) is 1.08. The van der Waals surface area contributed by atoms with E-state index in [2.05, 4.69) is 27.5 Å². The van der Waals surface area contributed by atoms with Crippen LogP contribution in [0.3, 0.4) is 0 Å². The van der Waals surface area contributed by atoms with Crippen LogP contribution in [0.5, 0.6) is 0 Å². The fourth-order valence-corrected chi connectivity index (χ4v) is 2.73. The van der Waals surface area contributed by atoms with Gasteiger partial charge in [-0.15, -0.1) is 0 Å². The number of H-pyrrole nitrogens is 1. The molecule has 0 fully saturated rings. The molecule has 0 spiro atoms. The Bertz CT molecular complexity index is 744. The number of hydrogen-bond donors (Lipinski definition) is 1. The molecule has 2 aromatic rings. The molecule has 0 bridgehead atoms. The maximum Gasteiger partial charge on any atom is 0.216 e. The number of aromatic nitrogens is 3. The highest BCUT2D eigenvalue weighted by molar-refractivity contribution is 7.71. The van der Waals surface area contributed by atoms with Crippen LogP contribution in [0.4, 0.5) is 0 Å². The second-order valence-corrected chi connectivity index (χ2v) is 5.75. The quantitative estimate of drug-likeness (QED) is 0.516. The molecule has 0 saturated heterocycles. The van der Waals surface area contributed by atoms with Crippen molar-refractivity contribution in [3.05, 3.63) is 46.2 Å². The number of aromatic amines is 1. The molecule has 108 valence electrons. The Labute approximate surface area is 133 Å². The van der Waals surface area contributed by atoms with Crippen molar-refractivity contribution in [1.29, 1.82) is 0 Å². The second-order valence-electron chi connectivity index (χ2n) is 4.95. The van der Waals surface area contributed by atoms with Gasteiger partial charge in [-0.25, -0.2) is 5.10 Å². The highest BCUT2D eigenvalue weighted by Crippen LogP contribution is 2.26. The standard InChI is InChI=1S/C15H15ClN4S/c16-13-9-5-4-8-12(13)14-18-19-15(21)20(14)17-10-11-6-2-1-3-7-11/h1-2,4-5,8-11H,3,6-7H2,(H,19,21)/b17-10-/t11-/m1/s1. The summed E-state index contributed by atoms with van der Waals surface area (Å²) in [6.45, 7) is 0. The van der Waals surface area contributed by atoms with Crippen LogP contribution in [0.25, 0.3) is 11.4 Å². The average Bonchev–Trinajstić information content (AvgIpc) is 2.88. The molecule has 1 N–H and O–H groups in total. The molecule has 1 aromatic carbocycles. The molecular formula is C15H15ClN4S. The van der Waals surface area contributed by atoms with E-state index in [0.29, 0.717) is 21.5 Å². The summed E-state index contributed by atoms with van der Waals surface area (Å²) in [7, 11) is 0. The molecule has 0 saturated carbocycles. The third-order valence-electron chi connectivity index (χ3n) is 3.47. The first kappa shape index (κ1) is 14.2. The number of allylic oxidation sites excluding steroid dienone is 2. The van der Waals surface area contributed by atoms with Crippen molar-refractivity contribution < 1.29 is 0 Å². The van der Waals surface area contributed by atoms with Gasteiger partial charge in [0.1, 0.15) is 0 Å². The third kappa shape index (κ3) is 3.14. The van der Waals surface area contributed by atoms with Crippen LogP contribution in [-0.4, -0.2) is 21.1 Å². The van der Waals surface area contributed by atoms with E-state index in [4.69, 9.17) is 23.8 Å². The van der Waals surface area contributed by atoms with Gasteiger partial charge in [0.15, 0.2) is 5.82 Å². The summed E-state index contributed by atoms with van der Waals surface area (Å²) < 4.78 is 2.10. The summed E-state index contributed by atoms with van der Waals surface area (Å²) in [5, 5.41) is 12.2. The first-order valence-electron chi connectivity index (χ1n) is 6.87. The predicted molar refractivity (Wildman–Crippen MR) is 88.2 cm³/mol. The average molecular weight is 319 g/mol. The molecule has 0 aliphatic heterocycles. The van der Waals surface area contributed by atoms with E-state index in [1.165, 1.54) is 0 Å². The van der Waals surface area contributed by atoms with E-state index in [0.717, 1.165) is 24.8 Å². The molecule has 3 rings (SSSR count). The molecule has 0 amide bonds. The van der Waals surface area contributed by atoms with Crippen LogP contribution >= 0.6 is 23.8 Å². The number of rotatable bonds is 3. The Kier molecular flexibility index (Phi) is 4.31. The summed E-state index contributed by atoms with van der Waals surface area (Å²) in [6, 6.07) is 7.53. The lowest BCUT2D eigenvalue weighted by atomic mass is 9.96. The van der Waals surface area contributed by atoms with Gasteiger partial charge in [0.05, 0.1) is 5.02 Å². The Morgan fingerprint density at radius 2 is 2.24 bits per heavy atom. The smallest absolute Gasteiger partial charge is 0.216 e. The molecule has 0 unspecified atom stereocenters. The lowest BCUT2D eigenvalue weighted by Crippen LogP contribution is -2.05. The van der Waals surface area contributed by atoms with E-state index < -0.39 is 0 Å². The molecule has 1 aromatic heterocycles. The van der Waals surface area contributed by atoms with Crippen LogP contribution in [0, 0.1) is 10.7 Å². The topological polar surface area (TPSA) is 46.0 Å². The van der Waals surface area contributed by atoms with E-state index >= 15 is 0 Å². The Hall–Kier alpha value is -1.72. The molecule has 0 radical (unpaired) electrons. The highest BCUT2D eigenvalue weighted by Gasteiger charge is 2.12. The van der Waals surface area contributed by atoms with Crippen LogP contribution in [0.2, 0.25) is 5.02 Å². The molecule has 1 heterocycles. The largest absolute Gasteiger partial charge is 0.250 e. The molecule has 21 heavy (non-hydrogen) atoms. The van der Waals surface area contributed by atoms with Gasteiger partial charge in [0.25, 0.3) is 0 Å². The number of nitrogens with one attached hydrogen (secondary N) is 1. The lowest BCUT2D eigenvalue weighted by Gasteiger charge is -2.12. The van der Waals surface area contributed by atoms with Crippen LogP contribution < -0.4 is 0 Å². The zero-order valence-corrected chi connectivity index (χ0v) is 12.9. The van der Waals surface area contributed by atoms with Crippen LogP contribution in [0.1, 0.15) is 19.3 Å². The Morgan fingerprint density at radius 3 is 3.00 bits per heavy atom. The van der Waals surface area contributed by atoms with Gasteiger partial charge in [-0.3, -0.25) is 0 Å². The zero-order valence-electron chi connectivity index (χ0n) is 11.4. The fourth-order valence-electron chi connectivity index (χ4n) is 2.33. The normalized spacial score (nSPS) is 18.4. The zero-order chi connectivity index (χ0) is 14.7. The second kappa shape index (κ2) is 6.37. The molecule has 4 nitrogen and oxygen atoms in total. The first-order chi connectivity index (χ1) is 10.3. The molecule has 1 atom stereocenters. The molecule has 1 aliphatic rings. The molecule has 1 aliphatic carbocycles. The number of halogens is 1. The summed E-state index contributed by atoms with van der Waals surface area (Å²) >= 11 is 11.5. The number of nitrogens with zero attached hydrogens (tertiary/aromatic N) is 3. The van der Waals surface area contributed by atoms with Crippen molar-refractivity contribution >= 4 is 30.0 Å². The third-order valence-corrected chi connectivity index (χ3v) is 4.06. The van der Waals surface area contributed by atoms with Gasteiger partial charge >= 0.3 is 0 Å². The monoisotopic (exact) mass is 318 g/mol. The predicted octanol–water partition coefficient (Wildman–Crippen LogP) is 4.45. The van der Waals surface area contributed by atoms with Crippen molar-refractivity contribution in [2.75, 3.05) is 0 Å². The van der Waals surface area contributed by atoms with E-state index in [1.807, 2.05) is 30.5 Å². The van der Waals surface area contributed by atoms with Crippen molar-refractivity contribution in [1.82, 2.24) is 14.9 Å². The lowest BCUT2D eigenvalue weighted by molar-refractivity contribution is 0.622. The summed E-state index contributed by atoms with van der Waals surface area (Å²) in [6.07, 6.45) is 9.61. The van der Waals surface area contributed by atoms with Crippen molar-refractivity contribution in [3.8, 4) is 11.4 Å². The Morgan fingerprint density at radius 1 is 1.38 bits per heavy atom. The maximum absolute atomic E-state index is 6.23. The number of hydrogen-bond acceptors (Lipinski definition) is 3. The van der Waals surface area contributed by atoms with Gasteiger partial charge < -0.3 is 0 Å². The van der Waals surface area contributed by atoms with Gasteiger partial charge in [-0.1, -0.05) is 35.9 Å². The molecule has 6 heteroatoms. The minimum Gasteiger partial charge on any atom is -0.250 e. The van der Waals surface area contributed by atoms with Gasteiger partial charge in [0, 0.05) is 11.8 Å². The minimum atomic E-state index is 0.450. The van der Waals surface area contributed by atoms with Crippen molar-refractivity contribution in [2.24, 2.45) is 11.0 Å². The number of benzene rings is 1. The van der Waals surface area contributed by atoms with Crippen molar-refractivity contribution in [3.63, 3.8) is 0 Å². The summed E-state index contributed by atoms with van der Waals surface area (Å²) in [4.78, 5) is 0. The van der Waals surface area contributed by atoms with Crippen molar-refractivity contribution in [2.45, 2.75) is 19.3 Å². The molecular weight excluding hydrogens is 304 g/mol. The van der Waals surface area contributed by atoms with E-state index in [-0.39, 0.29) is 0 Å². The highest BCUT2D eigenvalue weighted by atomic mass is 35.5. The summed E-state index contributed by atoms with van der Waals surface area (Å²) in [5.41, 5.74) is 0.812. The van der Waals surface area contributed by atoms with E-state index in [1.54, 1.807) is 4.68 Å². The Balaban J connectivity index is 1.94. The van der Waals surface area contributed by atoms with E-state index in [9.17, 15) is 0 Å². The van der Waals surface area contributed by atoms with Crippen LogP contribution in [-0.2, 0) is 0 Å². The van der Waals surface area contributed by atoms with Gasteiger partial charge in [-0.2, -0.15) is 14.9 Å². The minimum absolute atomic E-state index is 0.450. The first-order valence-corrected chi connectivity index (χ1v) is 7.66. The van der Waals surface area contributed by atoms with Crippen LogP contribution in [0.15, 0.2) is 41.5 Å². The fraction of sp³-hybridized carbons (Fsp3) is 0.267. The SMILES string of the molecule is S=c1[nH]nc(-c2ccccc2Cl)n1/N=C\[C@@H]1CC=CCC1. The van der Waals surface area contributed by atoms with Gasteiger partial charge in [-0.05, 0) is 49.5 Å². The van der Waals surface area contributed by atoms with Gasteiger partial charge in [0.2, 0.25) is 4.77 Å².